The summed E-state index contributed by atoms with van der Waals surface area (Å²) in [6.45, 7) is 5.30. The van der Waals surface area contributed by atoms with E-state index in [4.69, 9.17) is 0 Å². The third kappa shape index (κ3) is 4.93. The van der Waals surface area contributed by atoms with Crippen LogP contribution in [0, 0.1) is 5.92 Å². The Labute approximate surface area is 140 Å². The molecule has 132 valence electrons. The normalized spacial score (nSPS) is 35.1. The second-order valence-electron chi connectivity index (χ2n) is 7.74. The van der Waals surface area contributed by atoms with E-state index in [1.807, 2.05) is 25.8 Å². The topological polar surface area (TPSA) is 60.9 Å². The van der Waals surface area contributed by atoms with E-state index in [-0.39, 0.29) is 23.8 Å². The molecule has 5 nitrogen and oxygen atoms in total. The van der Waals surface area contributed by atoms with Gasteiger partial charge in [-0.25, -0.2) is 0 Å². The molecule has 0 saturated carbocycles. The molecule has 2 amide bonds. The molecule has 2 unspecified atom stereocenters. The van der Waals surface area contributed by atoms with E-state index in [1.54, 1.807) is 4.90 Å². The Hall–Kier alpha value is -1.10. The number of rotatable bonds is 0. The minimum atomic E-state index is -0.701. The predicted molar refractivity (Wildman–Crippen MR) is 89.9 cm³/mol. The smallest absolute Gasteiger partial charge is 0.225 e. The van der Waals surface area contributed by atoms with Gasteiger partial charge in [0, 0.05) is 38.5 Å². The minimum absolute atomic E-state index is 0.0258. The molecule has 2 saturated heterocycles. The number of fused-ring (bicyclic) bond motifs is 1. The molecule has 0 aromatic heterocycles. The van der Waals surface area contributed by atoms with Crippen molar-refractivity contribution in [2.45, 2.75) is 76.9 Å². The second kappa shape index (κ2) is 7.65. The number of carbonyl (C=O) groups excluding carboxylic acids is 2. The summed E-state index contributed by atoms with van der Waals surface area (Å²) >= 11 is 0. The van der Waals surface area contributed by atoms with Crippen molar-refractivity contribution in [2.24, 2.45) is 5.92 Å². The molecule has 2 rings (SSSR count). The predicted octanol–water partition coefficient (Wildman–Crippen LogP) is 2.18. The van der Waals surface area contributed by atoms with E-state index in [2.05, 4.69) is 0 Å². The van der Waals surface area contributed by atoms with E-state index < -0.39 is 5.60 Å². The standard InChI is InChI=1S/C18H32N2O3/c1-14-7-4-9-18(2,23)10-6-11-19(3)16(21)13-15-8-5-12-20(15)17(14)22/h14-15,23H,4-13H2,1-3H3/t14?,15?,18-/m0/s1. The molecule has 2 heterocycles. The van der Waals surface area contributed by atoms with Crippen LogP contribution in [0.5, 0.6) is 0 Å². The van der Waals surface area contributed by atoms with E-state index in [9.17, 15) is 14.7 Å². The van der Waals surface area contributed by atoms with Crippen LogP contribution in [0.1, 0.15) is 65.2 Å². The van der Waals surface area contributed by atoms with Crippen LogP contribution in [-0.4, -0.2) is 58.5 Å². The summed E-state index contributed by atoms with van der Waals surface area (Å²) in [6, 6.07) is 0.0750. The van der Waals surface area contributed by atoms with Gasteiger partial charge in [-0.1, -0.05) is 6.92 Å². The van der Waals surface area contributed by atoms with Crippen molar-refractivity contribution in [2.75, 3.05) is 20.1 Å². The summed E-state index contributed by atoms with van der Waals surface area (Å²) in [5, 5.41) is 10.4. The van der Waals surface area contributed by atoms with Crippen molar-refractivity contribution < 1.29 is 14.7 Å². The number of hydrogen-bond donors (Lipinski definition) is 1. The van der Waals surface area contributed by atoms with Crippen LogP contribution < -0.4 is 0 Å². The summed E-state index contributed by atoms with van der Waals surface area (Å²) in [6.07, 6.45) is 6.28. The highest BCUT2D eigenvalue weighted by atomic mass is 16.3. The number of nitrogens with zero attached hydrogens (tertiary/aromatic N) is 2. The van der Waals surface area contributed by atoms with E-state index >= 15 is 0 Å². The first-order chi connectivity index (χ1) is 10.8. The van der Waals surface area contributed by atoms with E-state index in [0.717, 1.165) is 38.6 Å². The lowest BCUT2D eigenvalue weighted by molar-refractivity contribution is -0.138. The van der Waals surface area contributed by atoms with Crippen molar-refractivity contribution in [1.29, 1.82) is 0 Å². The maximum absolute atomic E-state index is 12.7. The van der Waals surface area contributed by atoms with Crippen molar-refractivity contribution in [3.8, 4) is 0 Å². The van der Waals surface area contributed by atoms with Gasteiger partial charge in [-0.05, 0) is 51.9 Å². The Bertz CT molecular complexity index is 436. The Morgan fingerprint density at radius 1 is 1.09 bits per heavy atom. The SMILES string of the molecule is CC1CCC[C@](C)(O)CCCN(C)C(=O)CC2CCCN2C1=O. The lowest BCUT2D eigenvalue weighted by atomic mass is 9.90. The molecule has 0 aliphatic carbocycles. The first-order valence-corrected chi connectivity index (χ1v) is 9.07. The highest BCUT2D eigenvalue weighted by Gasteiger charge is 2.33. The van der Waals surface area contributed by atoms with Crippen LogP contribution in [0.2, 0.25) is 0 Å². The Morgan fingerprint density at radius 2 is 1.78 bits per heavy atom. The molecule has 1 N–H and O–H groups in total. The summed E-state index contributed by atoms with van der Waals surface area (Å²) in [7, 11) is 1.83. The summed E-state index contributed by atoms with van der Waals surface area (Å²) in [5.74, 6) is 0.265. The van der Waals surface area contributed by atoms with Gasteiger partial charge in [0.15, 0.2) is 0 Å². The molecule has 5 heteroatoms. The molecule has 0 aromatic carbocycles. The van der Waals surface area contributed by atoms with Gasteiger partial charge in [0.25, 0.3) is 0 Å². The van der Waals surface area contributed by atoms with Gasteiger partial charge in [-0.2, -0.15) is 0 Å². The average Bonchev–Trinajstić information content (AvgIpc) is 2.92. The quantitative estimate of drug-likeness (QED) is 0.743. The third-order valence-electron chi connectivity index (χ3n) is 5.48. The number of aliphatic hydroxyl groups is 1. The van der Waals surface area contributed by atoms with E-state index in [0.29, 0.717) is 25.8 Å². The Kier molecular flexibility index (Phi) is 6.06. The van der Waals surface area contributed by atoms with Gasteiger partial charge in [0.1, 0.15) is 0 Å². The van der Waals surface area contributed by atoms with Gasteiger partial charge >= 0.3 is 0 Å². The van der Waals surface area contributed by atoms with Crippen molar-refractivity contribution in [1.82, 2.24) is 9.80 Å². The molecule has 2 aliphatic heterocycles. The summed E-state index contributed by atoms with van der Waals surface area (Å²) in [4.78, 5) is 28.8. The zero-order chi connectivity index (χ0) is 17.0. The molecule has 23 heavy (non-hydrogen) atoms. The van der Waals surface area contributed by atoms with Gasteiger partial charge in [-0.3, -0.25) is 9.59 Å². The van der Waals surface area contributed by atoms with Gasteiger partial charge in [0.05, 0.1) is 5.60 Å². The van der Waals surface area contributed by atoms with Crippen LogP contribution in [0.15, 0.2) is 0 Å². The largest absolute Gasteiger partial charge is 0.390 e. The molecule has 0 aromatic rings. The first kappa shape index (κ1) is 18.2. The van der Waals surface area contributed by atoms with Crippen molar-refractivity contribution in [3.05, 3.63) is 0 Å². The van der Waals surface area contributed by atoms with Crippen molar-refractivity contribution >= 4 is 11.8 Å². The highest BCUT2D eigenvalue weighted by molar-refractivity contribution is 5.81. The second-order valence-corrected chi connectivity index (χ2v) is 7.74. The van der Waals surface area contributed by atoms with E-state index in [1.165, 1.54) is 0 Å². The third-order valence-corrected chi connectivity index (χ3v) is 5.48. The lowest BCUT2D eigenvalue weighted by Gasteiger charge is -2.30. The van der Waals surface area contributed by atoms with Crippen LogP contribution in [0.3, 0.4) is 0 Å². The number of hydrogen-bond acceptors (Lipinski definition) is 3. The zero-order valence-electron chi connectivity index (χ0n) is 14.9. The van der Waals surface area contributed by atoms with Crippen LogP contribution in [0.25, 0.3) is 0 Å². The molecule has 2 fully saturated rings. The van der Waals surface area contributed by atoms with Gasteiger partial charge in [-0.15, -0.1) is 0 Å². The maximum Gasteiger partial charge on any atom is 0.225 e. The number of amides is 2. The average molecular weight is 324 g/mol. The van der Waals surface area contributed by atoms with Gasteiger partial charge in [0.2, 0.25) is 11.8 Å². The zero-order valence-corrected chi connectivity index (χ0v) is 14.9. The van der Waals surface area contributed by atoms with Crippen molar-refractivity contribution in [3.63, 3.8) is 0 Å². The number of carbonyl (C=O) groups is 2. The Balaban J connectivity index is 2.09. The monoisotopic (exact) mass is 324 g/mol. The fraction of sp³-hybridized carbons (Fsp3) is 0.889. The highest BCUT2D eigenvalue weighted by Crippen LogP contribution is 2.27. The first-order valence-electron chi connectivity index (χ1n) is 9.07. The van der Waals surface area contributed by atoms with Crippen LogP contribution in [0.4, 0.5) is 0 Å². The molecule has 0 radical (unpaired) electrons. The molecular formula is C18H32N2O3. The van der Waals surface area contributed by atoms with Gasteiger partial charge < -0.3 is 14.9 Å². The summed E-state index contributed by atoms with van der Waals surface area (Å²) in [5.41, 5.74) is -0.701. The minimum Gasteiger partial charge on any atom is -0.390 e. The molecule has 2 aliphatic rings. The fourth-order valence-corrected chi connectivity index (χ4v) is 3.84. The molecule has 0 spiro atoms. The lowest BCUT2D eigenvalue weighted by Crippen LogP contribution is -2.42. The van der Waals surface area contributed by atoms with Crippen LogP contribution >= 0.6 is 0 Å². The van der Waals surface area contributed by atoms with Crippen LogP contribution in [-0.2, 0) is 9.59 Å². The maximum atomic E-state index is 12.7. The summed E-state index contributed by atoms with van der Waals surface area (Å²) < 4.78 is 0. The molecule has 0 bridgehead atoms. The fourth-order valence-electron chi connectivity index (χ4n) is 3.84. The molecule has 3 atom stereocenters. The Morgan fingerprint density at radius 3 is 2.52 bits per heavy atom. The molecular weight excluding hydrogens is 292 g/mol.